The maximum Gasteiger partial charge on any atom is 0.157 e. The van der Waals surface area contributed by atoms with Crippen LogP contribution >= 0.6 is 0 Å². The number of ketones is 1. The van der Waals surface area contributed by atoms with Crippen LogP contribution in [0.2, 0.25) is 0 Å². The van der Waals surface area contributed by atoms with Crippen LogP contribution in [0.15, 0.2) is 0 Å². The second kappa shape index (κ2) is 8.22. The summed E-state index contributed by atoms with van der Waals surface area (Å²) in [6, 6.07) is 0. The summed E-state index contributed by atoms with van der Waals surface area (Å²) in [6.45, 7) is 5.64. The van der Waals surface area contributed by atoms with Crippen LogP contribution in [-0.2, 0) is 23.7 Å². The van der Waals surface area contributed by atoms with E-state index in [0.717, 1.165) is 51.7 Å². The Hall–Kier alpha value is -0.490. The Labute approximate surface area is 127 Å². The average molecular weight is 300 g/mol. The lowest BCUT2D eigenvalue weighted by Gasteiger charge is -2.32. The molecule has 0 amide bonds. The molecule has 0 saturated carbocycles. The molecule has 122 valence electrons. The van der Waals surface area contributed by atoms with Crippen molar-refractivity contribution < 1.29 is 23.7 Å². The Morgan fingerprint density at radius 2 is 1.48 bits per heavy atom. The molecule has 2 aliphatic rings. The third kappa shape index (κ3) is 5.33. The van der Waals surface area contributed by atoms with Gasteiger partial charge in [-0.05, 0) is 52.4 Å². The molecule has 2 rings (SSSR count). The molecule has 2 aliphatic heterocycles. The van der Waals surface area contributed by atoms with E-state index in [0.29, 0.717) is 13.2 Å². The van der Waals surface area contributed by atoms with Crippen molar-refractivity contribution in [2.45, 2.75) is 65.0 Å². The van der Waals surface area contributed by atoms with E-state index in [4.69, 9.17) is 18.9 Å². The number of hydrogen-bond acceptors (Lipinski definition) is 5. The summed E-state index contributed by atoms with van der Waals surface area (Å²) >= 11 is 0. The molecule has 2 atom stereocenters. The van der Waals surface area contributed by atoms with Crippen molar-refractivity contribution in [2.24, 2.45) is 5.41 Å². The van der Waals surface area contributed by atoms with Gasteiger partial charge in [0.25, 0.3) is 0 Å². The molecule has 0 aromatic rings. The highest BCUT2D eigenvalue weighted by Gasteiger charge is 2.33. The maximum atomic E-state index is 12.0. The zero-order valence-corrected chi connectivity index (χ0v) is 13.3. The molecule has 5 heteroatoms. The van der Waals surface area contributed by atoms with Crippen molar-refractivity contribution in [3.05, 3.63) is 0 Å². The molecule has 2 saturated heterocycles. The number of ether oxygens (including phenoxy) is 4. The van der Waals surface area contributed by atoms with Gasteiger partial charge in [0, 0.05) is 13.2 Å². The quantitative estimate of drug-likeness (QED) is 0.723. The SMILES string of the molecule is CC(=O)C(C)(COC1CCCCO1)COC1CCCCO1. The van der Waals surface area contributed by atoms with Gasteiger partial charge in [-0.2, -0.15) is 0 Å². The average Bonchev–Trinajstić information content (AvgIpc) is 2.53. The molecule has 0 N–H and O–H groups in total. The molecule has 0 radical (unpaired) electrons. The van der Waals surface area contributed by atoms with E-state index in [-0.39, 0.29) is 18.4 Å². The van der Waals surface area contributed by atoms with E-state index in [2.05, 4.69) is 0 Å². The lowest BCUT2D eigenvalue weighted by atomic mass is 9.88. The lowest BCUT2D eigenvalue weighted by Crippen LogP contribution is -2.40. The molecule has 2 heterocycles. The summed E-state index contributed by atoms with van der Waals surface area (Å²) in [5.41, 5.74) is -0.637. The third-order valence-corrected chi connectivity index (χ3v) is 4.30. The summed E-state index contributed by atoms with van der Waals surface area (Å²) in [7, 11) is 0. The minimum atomic E-state index is -0.637. The smallest absolute Gasteiger partial charge is 0.157 e. The number of carbonyl (C=O) groups is 1. The summed E-state index contributed by atoms with van der Waals surface area (Å²) in [5.74, 6) is 0.0779. The van der Waals surface area contributed by atoms with Gasteiger partial charge in [-0.3, -0.25) is 4.79 Å². The van der Waals surface area contributed by atoms with Crippen LogP contribution in [0.5, 0.6) is 0 Å². The van der Waals surface area contributed by atoms with Crippen LogP contribution in [-0.4, -0.2) is 44.8 Å². The Kier molecular flexibility index (Phi) is 6.61. The minimum Gasteiger partial charge on any atom is -0.353 e. The summed E-state index contributed by atoms with van der Waals surface area (Å²) in [5, 5.41) is 0. The first-order chi connectivity index (χ1) is 10.1. The normalized spacial score (nSPS) is 29.8. The van der Waals surface area contributed by atoms with Gasteiger partial charge in [-0.15, -0.1) is 0 Å². The van der Waals surface area contributed by atoms with Crippen molar-refractivity contribution in [2.75, 3.05) is 26.4 Å². The van der Waals surface area contributed by atoms with Gasteiger partial charge in [-0.25, -0.2) is 0 Å². The van der Waals surface area contributed by atoms with Crippen molar-refractivity contribution in [3.8, 4) is 0 Å². The van der Waals surface area contributed by atoms with Gasteiger partial charge < -0.3 is 18.9 Å². The first-order valence-electron chi connectivity index (χ1n) is 8.08. The van der Waals surface area contributed by atoms with Gasteiger partial charge in [0.15, 0.2) is 12.6 Å². The van der Waals surface area contributed by atoms with Crippen LogP contribution in [0, 0.1) is 5.41 Å². The van der Waals surface area contributed by atoms with Crippen LogP contribution in [0.25, 0.3) is 0 Å². The lowest BCUT2D eigenvalue weighted by molar-refractivity contribution is -0.205. The van der Waals surface area contributed by atoms with Crippen LogP contribution < -0.4 is 0 Å². The standard InChI is InChI=1S/C16H28O5/c1-13(17)16(2,11-20-14-7-3-5-9-18-14)12-21-15-8-4-6-10-19-15/h14-15H,3-12H2,1-2H3. The first-order valence-corrected chi connectivity index (χ1v) is 8.08. The predicted molar refractivity (Wildman–Crippen MR) is 77.9 cm³/mol. The van der Waals surface area contributed by atoms with Crippen LogP contribution in [0.3, 0.4) is 0 Å². The molecule has 0 aliphatic carbocycles. The zero-order chi connectivity index (χ0) is 15.1. The number of Topliss-reactive ketones (excluding diaryl/α,β-unsaturated/α-hetero) is 1. The highest BCUT2D eigenvalue weighted by Crippen LogP contribution is 2.24. The summed E-state index contributed by atoms with van der Waals surface area (Å²) in [4.78, 5) is 12.0. The van der Waals surface area contributed by atoms with Gasteiger partial charge in [0.05, 0.1) is 18.6 Å². The summed E-state index contributed by atoms with van der Waals surface area (Å²) in [6.07, 6.45) is 5.87. The molecule has 0 aromatic carbocycles. The van der Waals surface area contributed by atoms with Gasteiger partial charge in [-0.1, -0.05) is 0 Å². The van der Waals surface area contributed by atoms with Crippen molar-refractivity contribution in [3.63, 3.8) is 0 Å². The third-order valence-electron chi connectivity index (χ3n) is 4.30. The monoisotopic (exact) mass is 300 g/mol. The van der Waals surface area contributed by atoms with Gasteiger partial charge >= 0.3 is 0 Å². The molecule has 2 unspecified atom stereocenters. The van der Waals surface area contributed by atoms with E-state index in [9.17, 15) is 4.79 Å². The second-order valence-corrected chi connectivity index (χ2v) is 6.33. The summed E-state index contributed by atoms with van der Waals surface area (Å²) < 4.78 is 22.7. The first kappa shape index (κ1) is 16.9. The van der Waals surface area contributed by atoms with Crippen molar-refractivity contribution in [1.82, 2.24) is 0 Å². The molecule has 21 heavy (non-hydrogen) atoms. The van der Waals surface area contributed by atoms with Gasteiger partial charge in [0.2, 0.25) is 0 Å². The number of carbonyl (C=O) groups excluding carboxylic acids is 1. The van der Waals surface area contributed by atoms with E-state index >= 15 is 0 Å². The van der Waals surface area contributed by atoms with E-state index < -0.39 is 5.41 Å². The molecular formula is C16H28O5. The second-order valence-electron chi connectivity index (χ2n) is 6.33. The fourth-order valence-electron chi connectivity index (χ4n) is 2.48. The maximum absolute atomic E-state index is 12.0. The fourth-order valence-corrected chi connectivity index (χ4v) is 2.48. The van der Waals surface area contributed by atoms with E-state index in [1.165, 1.54) is 0 Å². The Balaban J connectivity index is 1.78. The molecule has 0 aromatic heterocycles. The number of rotatable bonds is 7. The largest absolute Gasteiger partial charge is 0.353 e. The Bertz CT molecular complexity index is 297. The topological polar surface area (TPSA) is 54.0 Å². The van der Waals surface area contributed by atoms with Crippen LogP contribution in [0.4, 0.5) is 0 Å². The van der Waals surface area contributed by atoms with Crippen molar-refractivity contribution >= 4 is 5.78 Å². The Morgan fingerprint density at radius 3 is 1.81 bits per heavy atom. The number of hydrogen-bond donors (Lipinski definition) is 0. The molecule has 5 nitrogen and oxygen atoms in total. The van der Waals surface area contributed by atoms with E-state index in [1.54, 1.807) is 6.92 Å². The highest BCUT2D eigenvalue weighted by atomic mass is 16.7. The Morgan fingerprint density at radius 1 is 1.00 bits per heavy atom. The van der Waals surface area contributed by atoms with E-state index in [1.807, 2.05) is 6.92 Å². The highest BCUT2D eigenvalue weighted by molar-refractivity contribution is 5.82. The van der Waals surface area contributed by atoms with Gasteiger partial charge in [0.1, 0.15) is 5.78 Å². The van der Waals surface area contributed by atoms with Crippen LogP contribution in [0.1, 0.15) is 52.4 Å². The van der Waals surface area contributed by atoms with Crippen molar-refractivity contribution in [1.29, 1.82) is 0 Å². The zero-order valence-electron chi connectivity index (χ0n) is 13.3. The molecule has 0 spiro atoms. The minimum absolute atomic E-state index is 0.0779. The molecule has 0 bridgehead atoms. The fraction of sp³-hybridized carbons (Fsp3) is 0.938. The molecular weight excluding hydrogens is 272 g/mol. The molecule has 2 fully saturated rings. The predicted octanol–water partition coefficient (Wildman–Crippen LogP) is 2.67.